The van der Waals surface area contributed by atoms with Crippen LogP contribution in [0.25, 0.3) is 0 Å². The van der Waals surface area contributed by atoms with E-state index in [0.29, 0.717) is 38.0 Å². The third-order valence-corrected chi connectivity index (χ3v) is 5.04. The van der Waals surface area contributed by atoms with Crippen molar-refractivity contribution >= 4 is 11.8 Å². The number of hydrogen-bond acceptors (Lipinski definition) is 4. The van der Waals surface area contributed by atoms with Crippen LogP contribution in [0.3, 0.4) is 0 Å². The summed E-state index contributed by atoms with van der Waals surface area (Å²) < 4.78 is 0. The fourth-order valence-electron chi connectivity index (χ4n) is 3.42. The van der Waals surface area contributed by atoms with Crippen LogP contribution in [0.5, 0.6) is 0 Å². The number of carbonyl (C=O) groups excluding carboxylic acids is 2. The third kappa shape index (κ3) is 4.09. The van der Waals surface area contributed by atoms with Gasteiger partial charge in [-0.3, -0.25) is 19.7 Å². The Balaban J connectivity index is 1.44. The fourth-order valence-corrected chi connectivity index (χ4v) is 3.42. The number of hydrogen-bond donors (Lipinski definition) is 2. The minimum atomic E-state index is -0.0250. The van der Waals surface area contributed by atoms with E-state index >= 15 is 0 Å². The number of nitrogens with zero attached hydrogens (tertiary/aromatic N) is 3. The van der Waals surface area contributed by atoms with Crippen molar-refractivity contribution < 1.29 is 9.59 Å². The van der Waals surface area contributed by atoms with Crippen molar-refractivity contribution in [2.45, 2.75) is 33.1 Å². The molecule has 7 nitrogen and oxygen atoms in total. The van der Waals surface area contributed by atoms with Crippen molar-refractivity contribution in [3.8, 4) is 0 Å². The molecule has 0 aromatic carbocycles. The molecular weight excluding hydrogens is 330 g/mol. The van der Waals surface area contributed by atoms with Gasteiger partial charge in [-0.2, -0.15) is 5.10 Å². The van der Waals surface area contributed by atoms with Crippen molar-refractivity contribution in [2.75, 3.05) is 19.6 Å². The number of carbonyl (C=O) groups is 2. The predicted molar refractivity (Wildman–Crippen MR) is 97.6 cm³/mol. The summed E-state index contributed by atoms with van der Waals surface area (Å²) in [6.45, 7) is 5.79. The summed E-state index contributed by atoms with van der Waals surface area (Å²) in [5.41, 5.74) is 3.86. The number of nitrogens with one attached hydrogen (secondary N) is 2. The number of aromatic amines is 1. The fraction of sp³-hybridized carbons (Fsp3) is 0.474. The van der Waals surface area contributed by atoms with Gasteiger partial charge < -0.3 is 10.2 Å². The molecule has 138 valence electrons. The maximum atomic E-state index is 12.4. The zero-order valence-corrected chi connectivity index (χ0v) is 15.3. The Morgan fingerprint density at radius 3 is 2.54 bits per heavy atom. The zero-order chi connectivity index (χ0) is 18.5. The second-order valence-corrected chi connectivity index (χ2v) is 6.76. The molecule has 7 heteroatoms. The van der Waals surface area contributed by atoms with Crippen LogP contribution in [0, 0.1) is 19.8 Å². The maximum absolute atomic E-state index is 12.4. The summed E-state index contributed by atoms with van der Waals surface area (Å²) in [4.78, 5) is 30.6. The van der Waals surface area contributed by atoms with E-state index in [1.807, 2.05) is 18.7 Å². The van der Waals surface area contributed by atoms with E-state index in [2.05, 4.69) is 20.5 Å². The Morgan fingerprint density at radius 2 is 1.92 bits per heavy atom. The molecule has 1 fully saturated rings. The highest BCUT2D eigenvalue weighted by atomic mass is 16.2. The molecule has 0 atom stereocenters. The van der Waals surface area contributed by atoms with Gasteiger partial charge in [-0.1, -0.05) is 0 Å². The molecule has 1 saturated heterocycles. The smallest absolute Gasteiger partial charge is 0.253 e. The standard InChI is InChI=1S/C19H25N5O2/c1-13-17(14(2)23-22-13)5-10-21-18(25)15-6-11-24(12-7-15)19(26)16-3-8-20-9-4-16/h3-4,8-9,15H,5-7,10-12H2,1-2H3,(H,21,25)(H,22,23). The average molecular weight is 355 g/mol. The van der Waals surface area contributed by atoms with Gasteiger partial charge in [-0.05, 0) is 50.8 Å². The maximum Gasteiger partial charge on any atom is 0.253 e. The summed E-state index contributed by atoms with van der Waals surface area (Å²) in [5, 5.41) is 10.2. The second-order valence-electron chi connectivity index (χ2n) is 6.76. The predicted octanol–water partition coefficient (Wildman–Crippen LogP) is 1.63. The van der Waals surface area contributed by atoms with Crippen LogP contribution in [-0.2, 0) is 11.2 Å². The van der Waals surface area contributed by atoms with Crippen molar-refractivity contribution in [1.82, 2.24) is 25.4 Å². The van der Waals surface area contributed by atoms with Gasteiger partial charge in [-0.15, -0.1) is 0 Å². The monoisotopic (exact) mass is 355 g/mol. The topological polar surface area (TPSA) is 91.0 Å². The van der Waals surface area contributed by atoms with Gasteiger partial charge in [-0.25, -0.2) is 0 Å². The highest BCUT2D eigenvalue weighted by Gasteiger charge is 2.27. The van der Waals surface area contributed by atoms with Gasteiger partial charge in [0.25, 0.3) is 5.91 Å². The lowest BCUT2D eigenvalue weighted by molar-refractivity contribution is -0.126. The molecule has 0 unspecified atom stereocenters. The number of H-pyrrole nitrogens is 1. The van der Waals surface area contributed by atoms with Crippen molar-refractivity contribution in [2.24, 2.45) is 5.92 Å². The van der Waals surface area contributed by atoms with Gasteiger partial charge >= 0.3 is 0 Å². The van der Waals surface area contributed by atoms with Crippen molar-refractivity contribution in [3.63, 3.8) is 0 Å². The molecule has 0 spiro atoms. The van der Waals surface area contributed by atoms with E-state index in [1.165, 1.54) is 5.56 Å². The van der Waals surface area contributed by atoms with E-state index in [4.69, 9.17) is 0 Å². The number of aryl methyl sites for hydroxylation is 2. The van der Waals surface area contributed by atoms with Crippen molar-refractivity contribution in [1.29, 1.82) is 0 Å². The minimum absolute atomic E-state index is 0.0113. The first-order chi connectivity index (χ1) is 12.6. The molecule has 1 aliphatic heterocycles. The lowest BCUT2D eigenvalue weighted by atomic mass is 9.95. The Morgan fingerprint density at radius 1 is 1.23 bits per heavy atom. The first-order valence-corrected chi connectivity index (χ1v) is 9.03. The Kier molecular flexibility index (Phi) is 5.65. The first-order valence-electron chi connectivity index (χ1n) is 9.03. The van der Waals surface area contributed by atoms with E-state index < -0.39 is 0 Å². The van der Waals surface area contributed by atoms with E-state index in [1.54, 1.807) is 24.5 Å². The average Bonchev–Trinajstić information content (AvgIpc) is 3.00. The highest BCUT2D eigenvalue weighted by molar-refractivity contribution is 5.94. The van der Waals surface area contributed by atoms with E-state index in [-0.39, 0.29) is 17.7 Å². The number of aromatic nitrogens is 3. The van der Waals surface area contributed by atoms with Gasteiger partial charge in [0.05, 0.1) is 5.69 Å². The summed E-state index contributed by atoms with van der Waals surface area (Å²) in [6.07, 6.45) is 5.42. The highest BCUT2D eigenvalue weighted by Crippen LogP contribution is 2.19. The number of likely N-dealkylation sites (tertiary alicyclic amines) is 1. The quantitative estimate of drug-likeness (QED) is 0.853. The molecule has 0 bridgehead atoms. The van der Waals surface area contributed by atoms with Crippen molar-refractivity contribution in [3.05, 3.63) is 47.0 Å². The summed E-state index contributed by atoms with van der Waals surface area (Å²) in [6, 6.07) is 3.45. The number of amides is 2. The van der Waals surface area contributed by atoms with Crippen LogP contribution >= 0.6 is 0 Å². The molecule has 3 rings (SSSR count). The molecule has 0 saturated carbocycles. The third-order valence-electron chi connectivity index (χ3n) is 5.04. The minimum Gasteiger partial charge on any atom is -0.356 e. The lowest BCUT2D eigenvalue weighted by Gasteiger charge is -2.31. The second kappa shape index (κ2) is 8.12. The molecule has 0 aliphatic carbocycles. The normalized spacial score (nSPS) is 15.1. The zero-order valence-electron chi connectivity index (χ0n) is 15.3. The summed E-state index contributed by atoms with van der Waals surface area (Å²) >= 11 is 0. The molecular formula is C19H25N5O2. The molecule has 2 aromatic rings. The summed E-state index contributed by atoms with van der Waals surface area (Å²) in [5.74, 6) is 0.0695. The molecule has 0 radical (unpaired) electrons. The summed E-state index contributed by atoms with van der Waals surface area (Å²) in [7, 11) is 0. The van der Waals surface area contributed by atoms with Gasteiger partial charge in [0.1, 0.15) is 0 Å². The number of pyridine rings is 1. The van der Waals surface area contributed by atoms with Crippen LogP contribution in [0.4, 0.5) is 0 Å². The molecule has 3 heterocycles. The molecule has 1 aliphatic rings. The lowest BCUT2D eigenvalue weighted by Crippen LogP contribution is -2.43. The Bertz CT molecular complexity index is 744. The van der Waals surface area contributed by atoms with Gasteiger partial charge in [0.15, 0.2) is 0 Å². The van der Waals surface area contributed by atoms with E-state index in [0.717, 1.165) is 17.8 Å². The molecule has 2 aromatic heterocycles. The number of rotatable bonds is 5. The van der Waals surface area contributed by atoms with Crippen LogP contribution in [0.2, 0.25) is 0 Å². The first kappa shape index (κ1) is 18.1. The molecule has 26 heavy (non-hydrogen) atoms. The number of piperidine rings is 1. The van der Waals surface area contributed by atoms with Crippen LogP contribution < -0.4 is 5.32 Å². The molecule has 2 amide bonds. The van der Waals surface area contributed by atoms with Crippen LogP contribution in [-0.4, -0.2) is 51.5 Å². The van der Waals surface area contributed by atoms with E-state index in [9.17, 15) is 9.59 Å². The SMILES string of the molecule is Cc1n[nH]c(C)c1CCNC(=O)C1CCN(C(=O)c2ccncc2)CC1. The van der Waals surface area contributed by atoms with Gasteiger partial charge in [0, 0.05) is 49.2 Å². The Labute approximate surface area is 153 Å². The molecule has 2 N–H and O–H groups in total. The van der Waals surface area contributed by atoms with Crippen LogP contribution in [0.1, 0.15) is 40.2 Å². The Hall–Kier alpha value is -2.70. The largest absolute Gasteiger partial charge is 0.356 e. The van der Waals surface area contributed by atoms with Gasteiger partial charge in [0.2, 0.25) is 5.91 Å². The van der Waals surface area contributed by atoms with Crippen LogP contribution in [0.15, 0.2) is 24.5 Å².